The Morgan fingerprint density at radius 2 is 2.22 bits per heavy atom. The second-order valence-electron chi connectivity index (χ2n) is 5.04. The van der Waals surface area contributed by atoms with Gasteiger partial charge in [-0.3, -0.25) is 9.48 Å². The third-order valence-electron chi connectivity index (χ3n) is 3.08. The molecule has 1 aromatic heterocycles. The molecule has 0 aliphatic heterocycles. The Morgan fingerprint density at radius 3 is 2.83 bits per heavy atom. The summed E-state index contributed by atoms with van der Waals surface area (Å²) in [6.45, 7) is 6.18. The topological polar surface area (TPSA) is 88.7 Å². The van der Waals surface area contributed by atoms with Crippen molar-refractivity contribution in [2.45, 2.75) is 27.3 Å². The van der Waals surface area contributed by atoms with Crippen LogP contribution >= 0.6 is 0 Å². The molecule has 122 valence electrons. The number of rotatable bonds is 6. The van der Waals surface area contributed by atoms with Crippen LogP contribution in [0.3, 0.4) is 0 Å². The van der Waals surface area contributed by atoms with E-state index < -0.39 is 0 Å². The number of nitrogens with zero attached hydrogens (tertiary/aromatic N) is 3. The number of hydrogen-bond acceptors (Lipinski definition) is 5. The summed E-state index contributed by atoms with van der Waals surface area (Å²) in [4.78, 5) is 11.8. The zero-order valence-corrected chi connectivity index (χ0v) is 13.4. The molecule has 0 bridgehead atoms. The van der Waals surface area contributed by atoms with Crippen LogP contribution in [0.15, 0.2) is 29.4 Å². The maximum Gasteiger partial charge on any atom is 0.261 e. The first kappa shape index (κ1) is 16.5. The summed E-state index contributed by atoms with van der Waals surface area (Å²) < 4.78 is 6.85. The molecule has 0 radical (unpaired) electrons. The Morgan fingerprint density at radius 1 is 1.43 bits per heavy atom. The van der Waals surface area contributed by atoms with Crippen molar-refractivity contribution in [3.63, 3.8) is 0 Å². The van der Waals surface area contributed by atoms with Gasteiger partial charge in [-0.15, -0.1) is 0 Å². The lowest BCUT2D eigenvalue weighted by atomic mass is 10.2. The van der Waals surface area contributed by atoms with Gasteiger partial charge in [-0.25, -0.2) is 5.43 Å². The number of ether oxygens (including phenoxy) is 1. The predicted octanol–water partition coefficient (Wildman–Crippen LogP) is 1.75. The monoisotopic (exact) mass is 316 g/mol. The molecule has 1 heterocycles. The number of carbonyl (C=O) groups excluding carboxylic acids is 1. The smallest absolute Gasteiger partial charge is 0.261 e. The van der Waals surface area contributed by atoms with Crippen LogP contribution < -0.4 is 10.2 Å². The Labute approximate surface area is 134 Å². The Bertz CT molecular complexity index is 722. The molecule has 7 heteroatoms. The Kier molecular flexibility index (Phi) is 5.35. The van der Waals surface area contributed by atoms with Gasteiger partial charge in [0.05, 0.1) is 18.5 Å². The Balaban J connectivity index is 1.92. The van der Waals surface area contributed by atoms with Crippen molar-refractivity contribution in [2.24, 2.45) is 5.10 Å². The normalized spacial score (nSPS) is 10.9. The van der Waals surface area contributed by atoms with Crippen molar-refractivity contribution >= 4 is 12.1 Å². The molecule has 0 saturated carbocycles. The molecule has 0 aliphatic rings. The van der Waals surface area contributed by atoms with Gasteiger partial charge >= 0.3 is 0 Å². The second-order valence-corrected chi connectivity index (χ2v) is 5.04. The number of benzene rings is 1. The maximum absolute atomic E-state index is 11.8. The number of aromatic hydroxyl groups is 1. The van der Waals surface area contributed by atoms with Gasteiger partial charge in [-0.05, 0) is 50.6 Å². The minimum absolute atomic E-state index is 0.0322. The van der Waals surface area contributed by atoms with E-state index in [2.05, 4.69) is 15.6 Å². The van der Waals surface area contributed by atoms with Crippen molar-refractivity contribution in [3.8, 4) is 11.5 Å². The fourth-order valence-corrected chi connectivity index (χ4v) is 2.08. The van der Waals surface area contributed by atoms with Gasteiger partial charge in [0.15, 0.2) is 11.5 Å². The van der Waals surface area contributed by atoms with E-state index in [0.717, 1.165) is 11.4 Å². The van der Waals surface area contributed by atoms with E-state index in [1.54, 1.807) is 16.8 Å². The number of aryl methyl sites for hydroxylation is 2. The largest absolute Gasteiger partial charge is 0.504 e. The van der Waals surface area contributed by atoms with E-state index in [4.69, 9.17) is 4.74 Å². The van der Waals surface area contributed by atoms with Crippen LogP contribution in [0.5, 0.6) is 11.5 Å². The van der Waals surface area contributed by atoms with Crippen molar-refractivity contribution in [3.05, 3.63) is 41.2 Å². The van der Waals surface area contributed by atoms with Crippen LogP contribution in [-0.2, 0) is 11.3 Å². The molecular weight excluding hydrogens is 296 g/mol. The third kappa shape index (κ3) is 4.57. The summed E-state index contributed by atoms with van der Waals surface area (Å²) in [5, 5.41) is 17.9. The quantitative estimate of drug-likeness (QED) is 0.628. The molecule has 1 amide bonds. The summed E-state index contributed by atoms with van der Waals surface area (Å²) in [7, 11) is 0. The number of phenols is 1. The maximum atomic E-state index is 11.8. The van der Waals surface area contributed by atoms with Crippen molar-refractivity contribution in [1.82, 2.24) is 15.2 Å². The third-order valence-corrected chi connectivity index (χ3v) is 3.08. The average Bonchev–Trinajstić information content (AvgIpc) is 2.80. The summed E-state index contributed by atoms with van der Waals surface area (Å²) in [5.74, 6) is 0.172. The fraction of sp³-hybridized carbons (Fsp3) is 0.312. The first-order valence-electron chi connectivity index (χ1n) is 7.28. The summed E-state index contributed by atoms with van der Waals surface area (Å²) in [6.07, 6.45) is 1.45. The lowest BCUT2D eigenvalue weighted by Crippen LogP contribution is -2.24. The minimum Gasteiger partial charge on any atom is -0.504 e. The molecule has 0 atom stereocenters. The molecule has 1 aromatic carbocycles. The van der Waals surface area contributed by atoms with Crippen LogP contribution in [-0.4, -0.2) is 33.6 Å². The molecule has 2 rings (SSSR count). The summed E-state index contributed by atoms with van der Waals surface area (Å²) in [6, 6.07) is 6.81. The standard InChI is InChI=1S/C16H20N4O3/c1-4-23-15-6-5-13(8-14(15)21)9-17-18-16(22)10-20-12(3)7-11(2)19-20/h5-9,21H,4,10H2,1-3H3,(H,18,22). The second kappa shape index (κ2) is 7.44. The number of nitrogens with one attached hydrogen (secondary N) is 1. The molecular formula is C16H20N4O3. The van der Waals surface area contributed by atoms with Crippen molar-refractivity contribution < 1.29 is 14.6 Å². The van der Waals surface area contributed by atoms with Gasteiger partial charge < -0.3 is 9.84 Å². The van der Waals surface area contributed by atoms with Crippen LogP contribution in [0, 0.1) is 13.8 Å². The Hall–Kier alpha value is -2.83. The van der Waals surface area contributed by atoms with E-state index in [-0.39, 0.29) is 18.2 Å². The zero-order valence-electron chi connectivity index (χ0n) is 13.4. The summed E-state index contributed by atoms with van der Waals surface area (Å²) >= 11 is 0. The number of phenolic OH excluding ortho intramolecular Hbond substituents is 1. The number of amides is 1. The van der Waals surface area contributed by atoms with Crippen LogP contribution in [0.4, 0.5) is 0 Å². The lowest BCUT2D eigenvalue weighted by molar-refractivity contribution is -0.121. The molecule has 0 unspecified atom stereocenters. The van der Waals surface area contributed by atoms with E-state index in [0.29, 0.717) is 17.9 Å². The van der Waals surface area contributed by atoms with Gasteiger partial charge in [0.25, 0.3) is 5.91 Å². The molecule has 0 fully saturated rings. The van der Waals surface area contributed by atoms with Crippen LogP contribution in [0.25, 0.3) is 0 Å². The highest BCUT2D eigenvalue weighted by Gasteiger charge is 2.06. The fourth-order valence-electron chi connectivity index (χ4n) is 2.08. The average molecular weight is 316 g/mol. The lowest BCUT2D eigenvalue weighted by Gasteiger charge is -2.05. The van der Waals surface area contributed by atoms with Gasteiger partial charge in [-0.2, -0.15) is 10.2 Å². The van der Waals surface area contributed by atoms with E-state index in [9.17, 15) is 9.90 Å². The molecule has 0 saturated heterocycles. The van der Waals surface area contributed by atoms with Gasteiger partial charge in [0.1, 0.15) is 6.54 Å². The minimum atomic E-state index is -0.275. The van der Waals surface area contributed by atoms with Gasteiger partial charge in [-0.1, -0.05) is 0 Å². The number of hydrogen-bond donors (Lipinski definition) is 2. The van der Waals surface area contributed by atoms with Gasteiger partial charge in [0, 0.05) is 5.69 Å². The van der Waals surface area contributed by atoms with E-state index in [1.807, 2.05) is 26.8 Å². The van der Waals surface area contributed by atoms with Crippen LogP contribution in [0.2, 0.25) is 0 Å². The zero-order chi connectivity index (χ0) is 16.8. The molecule has 23 heavy (non-hydrogen) atoms. The highest BCUT2D eigenvalue weighted by molar-refractivity contribution is 5.83. The number of hydrazone groups is 1. The highest BCUT2D eigenvalue weighted by Crippen LogP contribution is 2.25. The van der Waals surface area contributed by atoms with E-state index >= 15 is 0 Å². The molecule has 0 spiro atoms. The SMILES string of the molecule is CCOc1ccc(C=NNC(=O)Cn2nc(C)cc2C)cc1O. The van der Waals surface area contributed by atoms with E-state index in [1.165, 1.54) is 12.3 Å². The van der Waals surface area contributed by atoms with Crippen molar-refractivity contribution in [1.29, 1.82) is 0 Å². The molecule has 7 nitrogen and oxygen atoms in total. The van der Waals surface area contributed by atoms with Gasteiger partial charge in [0.2, 0.25) is 0 Å². The first-order valence-corrected chi connectivity index (χ1v) is 7.28. The molecule has 2 aromatic rings. The number of aromatic nitrogens is 2. The summed E-state index contributed by atoms with van der Waals surface area (Å²) in [5.41, 5.74) is 4.86. The highest BCUT2D eigenvalue weighted by atomic mass is 16.5. The molecule has 0 aliphatic carbocycles. The van der Waals surface area contributed by atoms with Crippen LogP contribution in [0.1, 0.15) is 23.9 Å². The number of carbonyl (C=O) groups is 1. The molecule has 2 N–H and O–H groups in total. The first-order chi connectivity index (χ1) is 11.0. The predicted molar refractivity (Wildman–Crippen MR) is 86.7 cm³/mol. The van der Waals surface area contributed by atoms with Crippen molar-refractivity contribution in [2.75, 3.05) is 6.61 Å².